The molecule has 1 rings (SSSR count). The van der Waals surface area contributed by atoms with Crippen molar-refractivity contribution in [3.8, 4) is 0 Å². The van der Waals surface area contributed by atoms with Crippen LogP contribution in [0, 0.1) is 11.8 Å². The van der Waals surface area contributed by atoms with Gasteiger partial charge in [0, 0.05) is 0 Å². The van der Waals surface area contributed by atoms with Crippen molar-refractivity contribution in [2.24, 2.45) is 11.8 Å². The molecule has 0 atom stereocenters. The van der Waals surface area contributed by atoms with Gasteiger partial charge in [0.05, 0.1) is 7.11 Å². The fraction of sp³-hybridized carbons (Fsp3) is 0.900. The van der Waals surface area contributed by atoms with Gasteiger partial charge in [0.2, 0.25) is 0 Å². The summed E-state index contributed by atoms with van der Waals surface area (Å²) in [6.45, 7) is 5.11. The van der Waals surface area contributed by atoms with Crippen LogP contribution in [0.2, 0.25) is 0 Å². The van der Waals surface area contributed by atoms with Crippen LogP contribution < -0.4 is 0 Å². The number of ether oxygens (including phenoxy) is 1. The van der Waals surface area contributed by atoms with Gasteiger partial charge in [-0.25, -0.2) is 0 Å². The van der Waals surface area contributed by atoms with Gasteiger partial charge in [0.15, 0.2) is 0 Å². The lowest BCUT2D eigenvalue weighted by atomic mass is 9.84. The number of hydrogen-bond acceptors (Lipinski definition) is 2. The highest BCUT2D eigenvalue weighted by Gasteiger charge is 2.13. The monoisotopic (exact) mass is 172 g/mol. The third-order valence-corrected chi connectivity index (χ3v) is 2.40. The average Bonchev–Trinajstić information content (AvgIpc) is 2.11. The van der Waals surface area contributed by atoms with Crippen molar-refractivity contribution in [2.45, 2.75) is 39.5 Å². The molecule has 1 saturated carbocycles. The molecule has 0 unspecified atom stereocenters. The average molecular weight is 172 g/mol. The lowest BCUT2D eigenvalue weighted by Gasteiger charge is -2.22. The van der Waals surface area contributed by atoms with E-state index in [1.54, 1.807) is 0 Å². The van der Waals surface area contributed by atoms with Crippen LogP contribution >= 0.6 is 0 Å². The van der Waals surface area contributed by atoms with Crippen LogP contribution in [-0.4, -0.2) is 13.6 Å². The van der Waals surface area contributed by atoms with Crippen molar-refractivity contribution in [2.75, 3.05) is 7.11 Å². The molecule has 0 amide bonds. The van der Waals surface area contributed by atoms with E-state index in [-0.39, 0.29) is 0 Å². The maximum atomic E-state index is 8.95. The second kappa shape index (κ2) is 7.14. The van der Waals surface area contributed by atoms with E-state index in [0.717, 1.165) is 11.8 Å². The van der Waals surface area contributed by atoms with E-state index in [0.29, 0.717) is 6.47 Å². The zero-order chi connectivity index (χ0) is 9.40. The molecular formula is C10H20O2. The van der Waals surface area contributed by atoms with Gasteiger partial charge in [-0.15, -0.1) is 0 Å². The van der Waals surface area contributed by atoms with Crippen LogP contribution in [0.1, 0.15) is 39.5 Å². The standard InChI is InChI=1S/C8H16.C2H4O2/c1-7-3-5-8(2)6-4-7;1-4-2-3/h7-8H,3-6H2,1-2H3;2H,1H3. The molecule has 0 spiro atoms. The van der Waals surface area contributed by atoms with Gasteiger partial charge in [-0.3, -0.25) is 4.79 Å². The Kier molecular flexibility index (Phi) is 6.82. The van der Waals surface area contributed by atoms with Crippen LogP contribution in [0.5, 0.6) is 0 Å². The molecule has 0 aliphatic heterocycles. The van der Waals surface area contributed by atoms with Gasteiger partial charge in [0.1, 0.15) is 0 Å². The summed E-state index contributed by atoms with van der Waals surface area (Å²) in [6, 6.07) is 0. The van der Waals surface area contributed by atoms with Crippen molar-refractivity contribution in [3.05, 3.63) is 0 Å². The molecule has 12 heavy (non-hydrogen) atoms. The second-order valence-corrected chi connectivity index (χ2v) is 3.70. The lowest BCUT2D eigenvalue weighted by molar-refractivity contribution is -0.126. The first kappa shape index (κ1) is 11.5. The van der Waals surface area contributed by atoms with Crippen molar-refractivity contribution in [3.63, 3.8) is 0 Å². The predicted octanol–water partition coefficient (Wildman–Crippen LogP) is 2.62. The smallest absolute Gasteiger partial charge is 0.292 e. The van der Waals surface area contributed by atoms with Crippen LogP contribution in [0.15, 0.2) is 0 Å². The SMILES string of the molecule is CC1CCC(C)CC1.COC=O. The van der Waals surface area contributed by atoms with Crippen molar-refractivity contribution in [1.29, 1.82) is 0 Å². The fourth-order valence-corrected chi connectivity index (χ4v) is 1.43. The van der Waals surface area contributed by atoms with Gasteiger partial charge in [-0.05, 0) is 11.8 Å². The van der Waals surface area contributed by atoms with Gasteiger partial charge in [-0.1, -0.05) is 39.5 Å². The first-order valence-corrected chi connectivity index (χ1v) is 4.67. The molecule has 0 bridgehead atoms. The van der Waals surface area contributed by atoms with Gasteiger partial charge >= 0.3 is 0 Å². The molecule has 0 aromatic carbocycles. The second-order valence-electron chi connectivity index (χ2n) is 3.70. The summed E-state index contributed by atoms with van der Waals surface area (Å²) in [5.74, 6) is 2.04. The molecule has 72 valence electrons. The molecule has 1 fully saturated rings. The molecule has 2 heteroatoms. The van der Waals surface area contributed by atoms with Gasteiger partial charge in [-0.2, -0.15) is 0 Å². The highest BCUT2D eigenvalue weighted by atomic mass is 16.5. The molecule has 1 aliphatic carbocycles. The Hall–Kier alpha value is -0.530. The zero-order valence-corrected chi connectivity index (χ0v) is 8.38. The van der Waals surface area contributed by atoms with E-state index in [1.807, 2.05) is 0 Å². The highest BCUT2D eigenvalue weighted by molar-refractivity contribution is 5.36. The molecule has 0 N–H and O–H groups in total. The minimum absolute atomic E-state index is 0.375. The molecule has 2 nitrogen and oxygen atoms in total. The van der Waals surface area contributed by atoms with Crippen molar-refractivity contribution in [1.82, 2.24) is 0 Å². The third-order valence-electron chi connectivity index (χ3n) is 2.40. The van der Waals surface area contributed by atoms with Crippen LogP contribution in [0.4, 0.5) is 0 Å². The quantitative estimate of drug-likeness (QED) is 0.568. The molecule has 1 aliphatic rings. The molecule has 0 aromatic heterocycles. The minimum Gasteiger partial charge on any atom is -0.471 e. The fourth-order valence-electron chi connectivity index (χ4n) is 1.43. The maximum Gasteiger partial charge on any atom is 0.292 e. The molecule has 0 heterocycles. The zero-order valence-electron chi connectivity index (χ0n) is 8.38. The topological polar surface area (TPSA) is 26.3 Å². The normalized spacial score (nSPS) is 28.2. The molecule has 0 saturated heterocycles. The summed E-state index contributed by atoms with van der Waals surface area (Å²) in [4.78, 5) is 8.95. The maximum absolute atomic E-state index is 8.95. The third kappa shape index (κ3) is 6.20. The summed E-state index contributed by atoms with van der Waals surface area (Å²) in [6.07, 6.45) is 5.89. The molecular weight excluding hydrogens is 152 g/mol. The Balaban J connectivity index is 0.000000261. The summed E-state index contributed by atoms with van der Waals surface area (Å²) in [5, 5.41) is 0. The lowest BCUT2D eigenvalue weighted by Crippen LogP contribution is -2.08. The Bertz CT molecular complexity index is 94.4. The van der Waals surface area contributed by atoms with Crippen molar-refractivity contribution >= 4 is 6.47 Å². The van der Waals surface area contributed by atoms with Crippen molar-refractivity contribution < 1.29 is 9.53 Å². The van der Waals surface area contributed by atoms with E-state index in [1.165, 1.54) is 32.8 Å². The summed E-state index contributed by atoms with van der Waals surface area (Å²) < 4.78 is 3.86. The molecule has 0 radical (unpaired) electrons. The number of carbonyl (C=O) groups excluding carboxylic acids is 1. The highest BCUT2D eigenvalue weighted by Crippen LogP contribution is 2.27. The van der Waals surface area contributed by atoms with E-state index in [9.17, 15) is 0 Å². The van der Waals surface area contributed by atoms with Gasteiger partial charge in [0.25, 0.3) is 6.47 Å². The van der Waals surface area contributed by atoms with Crippen LogP contribution in [-0.2, 0) is 9.53 Å². The summed E-state index contributed by atoms with van der Waals surface area (Å²) >= 11 is 0. The van der Waals surface area contributed by atoms with Crippen LogP contribution in [0.25, 0.3) is 0 Å². The summed E-state index contributed by atoms with van der Waals surface area (Å²) in [7, 11) is 1.31. The summed E-state index contributed by atoms with van der Waals surface area (Å²) in [5.41, 5.74) is 0. The number of methoxy groups -OCH3 is 1. The van der Waals surface area contributed by atoms with E-state index < -0.39 is 0 Å². The number of rotatable bonds is 1. The molecule has 0 aromatic rings. The Morgan fingerprint density at radius 3 is 1.50 bits per heavy atom. The van der Waals surface area contributed by atoms with Gasteiger partial charge < -0.3 is 4.74 Å². The van der Waals surface area contributed by atoms with E-state index in [2.05, 4.69) is 18.6 Å². The Labute approximate surface area is 75.3 Å². The first-order valence-electron chi connectivity index (χ1n) is 4.67. The predicted molar refractivity (Wildman–Crippen MR) is 49.9 cm³/mol. The largest absolute Gasteiger partial charge is 0.471 e. The number of carbonyl (C=O) groups is 1. The minimum atomic E-state index is 0.375. The van der Waals surface area contributed by atoms with E-state index >= 15 is 0 Å². The van der Waals surface area contributed by atoms with Crippen LogP contribution in [0.3, 0.4) is 0 Å². The van der Waals surface area contributed by atoms with E-state index in [4.69, 9.17) is 4.79 Å². The number of hydrogen-bond donors (Lipinski definition) is 0. The first-order chi connectivity index (χ1) is 5.70. The Morgan fingerprint density at radius 1 is 1.08 bits per heavy atom. The Morgan fingerprint density at radius 2 is 1.33 bits per heavy atom.